The lowest BCUT2D eigenvalue weighted by Gasteiger charge is -2.27. The summed E-state index contributed by atoms with van der Waals surface area (Å²) in [6.45, 7) is 10.8. The fraction of sp³-hybridized carbons (Fsp3) is 0.444. The van der Waals surface area contributed by atoms with E-state index in [-0.39, 0.29) is 5.82 Å². The van der Waals surface area contributed by atoms with Crippen LogP contribution in [0.4, 0.5) is 10.2 Å². The van der Waals surface area contributed by atoms with Crippen LogP contribution in [0.3, 0.4) is 0 Å². The molecule has 2 aromatic heterocycles. The van der Waals surface area contributed by atoms with Gasteiger partial charge in [-0.15, -0.1) is 0 Å². The Morgan fingerprint density at radius 1 is 1.17 bits per heavy atom. The number of anilines is 1. The van der Waals surface area contributed by atoms with Crippen molar-refractivity contribution < 1.29 is 9.29 Å². The lowest BCUT2D eigenvalue weighted by molar-refractivity contribution is -0.940. The van der Waals surface area contributed by atoms with Gasteiger partial charge >= 0.3 is 0 Å². The van der Waals surface area contributed by atoms with Crippen LogP contribution >= 0.6 is 0 Å². The molecule has 24 heavy (non-hydrogen) atoms. The zero-order valence-corrected chi connectivity index (χ0v) is 14.7. The highest BCUT2D eigenvalue weighted by Gasteiger charge is 2.17. The number of H-pyrrole nitrogens is 1. The van der Waals surface area contributed by atoms with Crippen LogP contribution in [0.1, 0.15) is 27.7 Å². The van der Waals surface area contributed by atoms with Gasteiger partial charge in [0.25, 0.3) is 0 Å². The molecule has 128 valence electrons. The molecule has 0 saturated carbocycles. The van der Waals surface area contributed by atoms with Crippen molar-refractivity contribution in [2.24, 2.45) is 0 Å². The predicted octanol–water partition coefficient (Wildman–Crippen LogP) is 2.36. The molecular weight excluding hydrogens is 305 g/mol. The number of fused-ring (bicyclic) bond motifs is 3. The van der Waals surface area contributed by atoms with Crippen molar-refractivity contribution in [3.8, 4) is 0 Å². The summed E-state index contributed by atoms with van der Waals surface area (Å²) in [4.78, 5) is 13.5. The van der Waals surface area contributed by atoms with Gasteiger partial charge in [0.05, 0.1) is 25.2 Å². The minimum atomic E-state index is -0.260. The lowest BCUT2D eigenvalue weighted by atomic mass is 10.2. The number of hydrogen-bond donors (Lipinski definition) is 3. The molecule has 3 rings (SSSR count). The van der Waals surface area contributed by atoms with E-state index in [2.05, 4.69) is 48.0 Å². The SMILES string of the molecule is CC(C)[NH+](CCNc1ncnc2c1[nH]c1ccc(F)cc12)C(C)C. The van der Waals surface area contributed by atoms with Crippen molar-refractivity contribution >= 4 is 27.8 Å². The van der Waals surface area contributed by atoms with E-state index in [1.807, 2.05) is 0 Å². The smallest absolute Gasteiger partial charge is 0.154 e. The van der Waals surface area contributed by atoms with Gasteiger partial charge < -0.3 is 15.2 Å². The van der Waals surface area contributed by atoms with Crippen LogP contribution in [0.25, 0.3) is 21.9 Å². The van der Waals surface area contributed by atoms with Gasteiger partial charge in [0.2, 0.25) is 0 Å². The first-order valence-corrected chi connectivity index (χ1v) is 8.48. The first-order chi connectivity index (χ1) is 11.5. The predicted molar refractivity (Wildman–Crippen MR) is 95.9 cm³/mol. The van der Waals surface area contributed by atoms with Crippen molar-refractivity contribution in [1.29, 1.82) is 0 Å². The van der Waals surface area contributed by atoms with Crippen molar-refractivity contribution in [3.63, 3.8) is 0 Å². The Kier molecular flexibility index (Phi) is 4.66. The minimum Gasteiger partial charge on any atom is -0.363 e. The quantitative estimate of drug-likeness (QED) is 0.650. The van der Waals surface area contributed by atoms with Crippen LogP contribution in [-0.2, 0) is 0 Å². The summed E-state index contributed by atoms with van der Waals surface area (Å²) in [5.41, 5.74) is 2.44. The van der Waals surface area contributed by atoms with Crippen LogP contribution in [0.2, 0.25) is 0 Å². The fourth-order valence-electron chi connectivity index (χ4n) is 3.37. The molecule has 3 N–H and O–H groups in total. The van der Waals surface area contributed by atoms with E-state index in [4.69, 9.17) is 0 Å². The Labute approximate surface area is 141 Å². The monoisotopic (exact) mass is 330 g/mol. The maximum Gasteiger partial charge on any atom is 0.154 e. The Morgan fingerprint density at radius 3 is 2.62 bits per heavy atom. The van der Waals surface area contributed by atoms with Gasteiger partial charge in [-0.3, -0.25) is 0 Å². The van der Waals surface area contributed by atoms with Crippen molar-refractivity contribution in [1.82, 2.24) is 15.0 Å². The van der Waals surface area contributed by atoms with Gasteiger partial charge in [-0.1, -0.05) is 0 Å². The maximum absolute atomic E-state index is 13.5. The van der Waals surface area contributed by atoms with Gasteiger partial charge in [-0.25, -0.2) is 14.4 Å². The van der Waals surface area contributed by atoms with E-state index in [0.29, 0.717) is 12.1 Å². The molecule has 0 saturated heterocycles. The van der Waals surface area contributed by atoms with E-state index < -0.39 is 0 Å². The summed E-state index contributed by atoms with van der Waals surface area (Å²) in [6.07, 6.45) is 1.53. The van der Waals surface area contributed by atoms with Crippen LogP contribution < -0.4 is 10.2 Å². The second-order valence-electron chi connectivity index (χ2n) is 6.82. The zero-order chi connectivity index (χ0) is 17.3. The lowest BCUT2D eigenvalue weighted by Crippen LogP contribution is -3.18. The molecule has 0 aliphatic carbocycles. The molecule has 3 aromatic rings. The zero-order valence-electron chi connectivity index (χ0n) is 14.7. The van der Waals surface area contributed by atoms with E-state index in [0.717, 1.165) is 40.8 Å². The number of aromatic amines is 1. The highest BCUT2D eigenvalue weighted by atomic mass is 19.1. The summed E-state index contributed by atoms with van der Waals surface area (Å²) in [7, 11) is 0. The van der Waals surface area contributed by atoms with E-state index >= 15 is 0 Å². The Hall–Kier alpha value is -2.21. The molecule has 0 spiro atoms. The third-order valence-corrected chi connectivity index (χ3v) is 4.53. The van der Waals surface area contributed by atoms with Crippen molar-refractivity contribution in [3.05, 3.63) is 30.3 Å². The number of hydrogen-bond acceptors (Lipinski definition) is 3. The number of rotatable bonds is 6. The van der Waals surface area contributed by atoms with Gasteiger partial charge in [-0.05, 0) is 45.9 Å². The average Bonchev–Trinajstić information content (AvgIpc) is 2.89. The third-order valence-electron chi connectivity index (χ3n) is 4.53. The molecule has 0 unspecified atom stereocenters. The van der Waals surface area contributed by atoms with Crippen LogP contribution in [0.15, 0.2) is 24.5 Å². The molecule has 0 amide bonds. The Bertz CT molecular complexity index is 832. The summed E-state index contributed by atoms with van der Waals surface area (Å²) in [5, 5.41) is 4.19. The normalized spacial score (nSPS) is 12.2. The molecule has 0 bridgehead atoms. The number of benzene rings is 1. The summed E-state index contributed by atoms with van der Waals surface area (Å²) >= 11 is 0. The molecule has 0 aliphatic heterocycles. The summed E-state index contributed by atoms with van der Waals surface area (Å²) in [6, 6.07) is 5.85. The molecule has 0 radical (unpaired) electrons. The average molecular weight is 330 g/mol. The fourth-order valence-corrected chi connectivity index (χ4v) is 3.37. The Morgan fingerprint density at radius 2 is 1.92 bits per heavy atom. The van der Waals surface area contributed by atoms with Gasteiger partial charge in [0.15, 0.2) is 5.82 Å². The van der Waals surface area contributed by atoms with Crippen LogP contribution in [-0.4, -0.2) is 40.1 Å². The van der Waals surface area contributed by atoms with Crippen LogP contribution in [0.5, 0.6) is 0 Å². The molecule has 1 aromatic carbocycles. The van der Waals surface area contributed by atoms with Gasteiger partial charge in [-0.2, -0.15) is 0 Å². The van der Waals surface area contributed by atoms with Crippen molar-refractivity contribution in [2.75, 3.05) is 18.4 Å². The van der Waals surface area contributed by atoms with E-state index in [1.54, 1.807) is 11.0 Å². The number of halogens is 1. The first-order valence-electron chi connectivity index (χ1n) is 8.48. The number of quaternary nitrogens is 1. The molecule has 0 fully saturated rings. The van der Waals surface area contributed by atoms with E-state index in [9.17, 15) is 4.39 Å². The number of nitrogens with one attached hydrogen (secondary N) is 3. The summed E-state index contributed by atoms with van der Waals surface area (Å²) < 4.78 is 13.5. The second-order valence-corrected chi connectivity index (χ2v) is 6.82. The largest absolute Gasteiger partial charge is 0.363 e. The standard InChI is InChI=1S/C18H24FN5/c1-11(2)24(12(3)4)8-7-20-18-17-16(21-10-22-18)14-9-13(19)5-6-15(14)23-17/h5-6,9-12,23H,7-8H2,1-4H3,(H,20,21,22)/p+1. The van der Waals surface area contributed by atoms with Gasteiger partial charge in [0, 0.05) is 10.9 Å². The first kappa shape index (κ1) is 16.6. The highest BCUT2D eigenvalue weighted by molar-refractivity contribution is 6.07. The molecule has 0 atom stereocenters. The molecule has 0 aliphatic rings. The molecule has 5 nitrogen and oxygen atoms in total. The Balaban J connectivity index is 1.84. The molecule has 6 heteroatoms. The third kappa shape index (κ3) is 3.19. The van der Waals surface area contributed by atoms with Crippen LogP contribution in [0, 0.1) is 5.82 Å². The second kappa shape index (κ2) is 6.73. The topological polar surface area (TPSA) is 58.0 Å². The van der Waals surface area contributed by atoms with Crippen molar-refractivity contribution in [2.45, 2.75) is 39.8 Å². The maximum atomic E-state index is 13.5. The molecule has 2 heterocycles. The number of aromatic nitrogens is 3. The number of nitrogens with zero attached hydrogens (tertiary/aromatic N) is 2. The van der Waals surface area contributed by atoms with E-state index in [1.165, 1.54) is 18.5 Å². The highest BCUT2D eigenvalue weighted by Crippen LogP contribution is 2.27. The van der Waals surface area contributed by atoms with Gasteiger partial charge in [0.1, 0.15) is 23.2 Å². The summed E-state index contributed by atoms with van der Waals surface area (Å²) in [5.74, 6) is 0.508. The molecular formula is C18H25FN5+. The minimum absolute atomic E-state index is 0.260.